The summed E-state index contributed by atoms with van der Waals surface area (Å²) in [5, 5.41) is 0. The summed E-state index contributed by atoms with van der Waals surface area (Å²) in [5.41, 5.74) is 3.67. The molecular formula is C28H48O. The first-order chi connectivity index (χ1) is 13.9. The predicted octanol–water partition coefficient (Wildman–Crippen LogP) is 8.21. The lowest BCUT2D eigenvalue weighted by atomic mass is 9.62. The maximum Gasteiger partial charge on any atom is 0.0543 e. The lowest BCUT2D eigenvalue weighted by Gasteiger charge is -2.43. The van der Waals surface area contributed by atoms with Gasteiger partial charge in [-0.1, -0.05) is 57.4 Å². The van der Waals surface area contributed by atoms with Gasteiger partial charge in [0.05, 0.1) is 6.10 Å². The topological polar surface area (TPSA) is 9.23 Å². The highest BCUT2D eigenvalue weighted by Gasteiger charge is 2.37. The van der Waals surface area contributed by atoms with Crippen molar-refractivity contribution in [3.8, 4) is 0 Å². The standard InChI is InChI=1S/C28H48O/c1-7-8-23-13-16-26-24-14-11-21(4)27(18-24)20(3)10-9-19(2)25(28(26)17-23)15-12-22(5)29-6/h17-26H,7-16H2,1-6H3. The number of ether oxygens (including phenoxy) is 1. The second kappa shape index (κ2) is 10.7. The van der Waals surface area contributed by atoms with Crippen molar-refractivity contribution in [3.63, 3.8) is 0 Å². The lowest BCUT2D eigenvalue weighted by Crippen LogP contribution is -2.32. The summed E-state index contributed by atoms with van der Waals surface area (Å²) in [6, 6.07) is 0. The Kier molecular flexibility index (Phi) is 8.49. The molecule has 0 fully saturated rings. The fourth-order valence-electron chi connectivity index (χ4n) is 6.76. The Labute approximate surface area is 181 Å². The van der Waals surface area contributed by atoms with Crippen molar-refractivity contribution in [2.45, 2.75) is 105 Å². The zero-order valence-electron chi connectivity index (χ0n) is 20.3. The van der Waals surface area contributed by atoms with Crippen LogP contribution in [-0.2, 0) is 4.74 Å². The zero-order valence-corrected chi connectivity index (χ0v) is 20.3. The molecule has 3 aliphatic carbocycles. The summed E-state index contributed by atoms with van der Waals surface area (Å²) in [5.74, 6) is 5.57. The van der Waals surface area contributed by atoms with Crippen molar-refractivity contribution in [1.29, 1.82) is 0 Å². The van der Waals surface area contributed by atoms with Crippen molar-refractivity contribution in [2.24, 2.45) is 41.4 Å². The van der Waals surface area contributed by atoms with Gasteiger partial charge in [-0.3, -0.25) is 0 Å². The van der Waals surface area contributed by atoms with Gasteiger partial charge in [0.15, 0.2) is 0 Å². The van der Waals surface area contributed by atoms with E-state index >= 15 is 0 Å². The molecule has 166 valence electrons. The fraction of sp³-hybridized carbons (Fsp3) is 0.857. The molecule has 0 radical (unpaired) electrons. The van der Waals surface area contributed by atoms with Gasteiger partial charge in [0.1, 0.15) is 0 Å². The van der Waals surface area contributed by atoms with Crippen molar-refractivity contribution >= 4 is 0 Å². The highest BCUT2D eigenvalue weighted by molar-refractivity contribution is 5.24. The summed E-state index contributed by atoms with van der Waals surface area (Å²) in [6.45, 7) is 12.2. The Morgan fingerprint density at radius 1 is 0.897 bits per heavy atom. The van der Waals surface area contributed by atoms with Crippen LogP contribution in [0.5, 0.6) is 0 Å². The number of allylic oxidation sites excluding steroid dienone is 4. The Morgan fingerprint density at radius 3 is 2.31 bits per heavy atom. The average molecular weight is 401 g/mol. The second-order valence-electron chi connectivity index (χ2n) is 10.9. The molecule has 0 aromatic carbocycles. The van der Waals surface area contributed by atoms with Gasteiger partial charge in [-0.2, -0.15) is 0 Å². The highest BCUT2D eigenvalue weighted by atomic mass is 16.5. The van der Waals surface area contributed by atoms with Gasteiger partial charge in [0.25, 0.3) is 0 Å². The van der Waals surface area contributed by atoms with Crippen LogP contribution >= 0.6 is 0 Å². The first kappa shape index (κ1) is 23.1. The molecule has 1 heteroatoms. The minimum Gasteiger partial charge on any atom is -0.382 e. The maximum absolute atomic E-state index is 5.64. The average Bonchev–Trinajstić information content (AvgIpc) is 2.72. The number of hydrogen-bond donors (Lipinski definition) is 0. The van der Waals surface area contributed by atoms with Gasteiger partial charge in [-0.25, -0.2) is 0 Å². The number of fused-ring (bicyclic) bond motifs is 3. The molecule has 0 aromatic heterocycles. The summed E-state index contributed by atoms with van der Waals surface area (Å²) >= 11 is 0. The number of hydrogen-bond acceptors (Lipinski definition) is 1. The molecule has 8 unspecified atom stereocenters. The van der Waals surface area contributed by atoms with Gasteiger partial charge < -0.3 is 4.74 Å². The van der Waals surface area contributed by atoms with Crippen LogP contribution in [-0.4, -0.2) is 13.2 Å². The van der Waals surface area contributed by atoms with Crippen LogP contribution in [0.25, 0.3) is 0 Å². The number of rotatable bonds is 6. The molecule has 0 spiro atoms. The summed E-state index contributed by atoms with van der Waals surface area (Å²) < 4.78 is 5.64. The lowest BCUT2D eigenvalue weighted by molar-refractivity contribution is 0.100. The Morgan fingerprint density at radius 2 is 1.62 bits per heavy atom. The number of methoxy groups -OCH3 is 1. The molecule has 0 aromatic rings. The monoisotopic (exact) mass is 400 g/mol. The molecule has 0 N–H and O–H groups in total. The van der Waals surface area contributed by atoms with Crippen molar-refractivity contribution in [1.82, 2.24) is 0 Å². The van der Waals surface area contributed by atoms with Gasteiger partial charge >= 0.3 is 0 Å². The molecule has 0 saturated carbocycles. The first-order valence-corrected chi connectivity index (χ1v) is 12.9. The van der Waals surface area contributed by atoms with Crippen LogP contribution in [0.15, 0.2) is 23.3 Å². The molecule has 0 heterocycles. The van der Waals surface area contributed by atoms with E-state index in [1.54, 1.807) is 5.57 Å². The normalized spacial score (nSPS) is 39.2. The van der Waals surface area contributed by atoms with E-state index < -0.39 is 0 Å². The third-order valence-electron chi connectivity index (χ3n) is 8.82. The van der Waals surface area contributed by atoms with Crippen LogP contribution < -0.4 is 0 Å². The van der Waals surface area contributed by atoms with E-state index in [1.165, 1.54) is 64.2 Å². The molecule has 3 rings (SSSR count). The van der Waals surface area contributed by atoms with E-state index in [1.807, 2.05) is 12.7 Å². The van der Waals surface area contributed by atoms with Gasteiger partial charge in [0.2, 0.25) is 0 Å². The molecular weight excluding hydrogens is 352 g/mol. The Balaban J connectivity index is 1.95. The Hall–Kier alpha value is -0.560. The molecule has 0 amide bonds. The van der Waals surface area contributed by atoms with E-state index in [0.29, 0.717) is 6.10 Å². The highest BCUT2D eigenvalue weighted by Crippen LogP contribution is 2.49. The molecule has 29 heavy (non-hydrogen) atoms. The molecule has 1 nitrogen and oxygen atoms in total. The van der Waals surface area contributed by atoms with Crippen molar-refractivity contribution < 1.29 is 4.74 Å². The van der Waals surface area contributed by atoms with E-state index in [2.05, 4.69) is 46.8 Å². The summed E-state index contributed by atoms with van der Waals surface area (Å²) in [6.07, 6.45) is 19.6. The summed E-state index contributed by atoms with van der Waals surface area (Å²) in [7, 11) is 1.87. The minimum absolute atomic E-state index is 0.382. The molecule has 0 aliphatic heterocycles. The molecule has 2 bridgehead atoms. The summed E-state index contributed by atoms with van der Waals surface area (Å²) in [4.78, 5) is 0. The largest absolute Gasteiger partial charge is 0.382 e. The SMILES string of the molecule is CCCC1C=C2C(CCC(C)OC)C(C)CCC(C)C3=CC(CCC3C)C2CC1. The second-order valence-corrected chi connectivity index (χ2v) is 10.9. The van der Waals surface area contributed by atoms with Gasteiger partial charge in [-0.15, -0.1) is 0 Å². The minimum atomic E-state index is 0.382. The van der Waals surface area contributed by atoms with Crippen LogP contribution in [0.4, 0.5) is 0 Å². The first-order valence-electron chi connectivity index (χ1n) is 12.9. The van der Waals surface area contributed by atoms with Crippen LogP contribution in [0.1, 0.15) is 98.8 Å². The van der Waals surface area contributed by atoms with Crippen LogP contribution in [0.2, 0.25) is 0 Å². The van der Waals surface area contributed by atoms with Crippen molar-refractivity contribution in [3.05, 3.63) is 23.3 Å². The molecule has 8 atom stereocenters. The van der Waals surface area contributed by atoms with Crippen LogP contribution in [0, 0.1) is 41.4 Å². The molecule has 0 saturated heterocycles. The fourth-order valence-corrected chi connectivity index (χ4v) is 6.76. The third kappa shape index (κ3) is 5.57. The van der Waals surface area contributed by atoms with E-state index in [9.17, 15) is 0 Å². The van der Waals surface area contributed by atoms with Crippen LogP contribution in [0.3, 0.4) is 0 Å². The van der Waals surface area contributed by atoms with Gasteiger partial charge in [-0.05, 0) is 106 Å². The smallest absolute Gasteiger partial charge is 0.0543 e. The van der Waals surface area contributed by atoms with Gasteiger partial charge in [0, 0.05) is 7.11 Å². The van der Waals surface area contributed by atoms with E-state index in [0.717, 1.165) is 41.4 Å². The quantitative estimate of drug-likeness (QED) is 0.408. The third-order valence-corrected chi connectivity index (χ3v) is 8.82. The molecule has 3 aliphatic rings. The van der Waals surface area contributed by atoms with Crippen molar-refractivity contribution in [2.75, 3.05) is 7.11 Å². The Bertz CT molecular complexity index is 573. The maximum atomic E-state index is 5.64. The predicted molar refractivity (Wildman–Crippen MR) is 126 cm³/mol. The van der Waals surface area contributed by atoms with E-state index in [-0.39, 0.29) is 0 Å². The zero-order chi connectivity index (χ0) is 21.0. The van der Waals surface area contributed by atoms with E-state index in [4.69, 9.17) is 4.74 Å².